The number of carboxylic acids is 1. The van der Waals surface area contributed by atoms with E-state index in [9.17, 15) is 20.1 Å². The minimum absolute atomic E-state index is 0. The van der Waals surface area contributed by atoms with Gasteiger partial charge in [0.25, 0.3) is 0 Å². The van der Waals surface area contributed by atoms with Crippen LogP contribution in [0.25, 0.3) is 0 Å². The maximum Gasteiger partial charge on any atom is 1.00 e. The molecular formula is C9H12N3NaO6. The molecule has 1 aromatic heterocycles. The van der Waals surface area contributed by atoms with Gasteiger partial charge in [-0.2, -0.15) is 0 Å². The van der Waals surface area contributed by atoms with Gasteiger partial charge in [-0.3, -0.25) is 4.57 Å². The molecule has 1 aromatic rings. The zero-order valence-electron chi connectivity index (χ0n) is 10.1. The number of nitrogens with two attached hydrogens (primary N) is 1. The predicted molar refractivity (Wildman–Crippen MR) is 54.0 cm³/mol. The number of anilines is 1. The summed E-state index contributed by atoms with van der Waals surface area (Å²) >= 11 is 0. The van der Waals surface area contributed by atoms with Crippen molar-refractivity contribution >= 4 is 11.8 Å². The summed E-state index contributed by atoms with van der Waals surface area (Å²) in [6.07, 6.45) is -3.68. The normalized spacial score (nSPS) is 30.1. The van der Waals surface area contributed by atoms with Crippen LogP contribution in [0.1, 0.15) is 16.7 Å². The van der Waals surface area contributed by atoms with E-state index in [1.807, 2.05) is 0 Å². The van der Waals surface area contributed by atoms with E-state index in [1.54, 1.807) is 0 Å². The summed E-state index contributed by atoms with van der Waals surface area (Å²) in [5, 5.41) is 38.9. The summed E-state index contributed by atoms with van der Waals surface area (Å²) in [5.41, 5.74) is 5.04. The second-order valence-corrected chi connectivity index (χ2v) is 3.90. The summed E-state index contributed by atoms with van der Waals surface area (Å²) in [4.78, 5) is 14.2. The predicted octanol–water partition coefficient (Wildman–Crippen LogP) is -6.56. The van der Waals surface area contributed by atoms with Crippen LogP contribution in [-0.4, -0.2) is 55.8 Å². The van der Waals surface area contributed by atoms with Crippen molar-refractivity contribution in [3.8, 4) is 0 Å². The fourth-order valence-corrected chi connectivity index (χ4v) is 1.84. The van der Waals surface area contributed by atoms with Gasteiger partial charge < -0.3 is 35.7 Å². The molecule has 1 saturated heterocycles. The third-order valence-corrected chi connectivity index (χ3v) is 2.82. The van der Waals surface area contributed by atoms with Crippen LogP contribution in [0.2, 0.25) is 0 Å². The van der Waals surface area contributed by atoms with E-state index < -0.39 is 42.8 Å². The summed E-state index contributed by atoms with van der Waals surface area (Å²) in [5.74, 6) is -1.82. The molecule has 10 heteroatoms. The molecular weight excluding hydrogens is 269 g/mol. The average molecular weight is 281 g/mol. The smallest absolute Gasteiger partial charge is 0.543 e. The molecule has 1 aliphatic rings. The Labute approximate surface area is 129 Å². The molecule has 0 unspecified atom stereocenters. The standard InChI is InChI=1S/C9H13N3O6.Na/c10-7-4(9(16)17)11-2-12(7)8-6(15)5(14)3(1-13)18-8;/h2-3,5-6,8,13-15H,1,10H2,(H,16,17);/q;+1/p-1/t3-,5-,6-,8-;/m1./s1. The van der Waals surface area contributed by atoms with Gasteiger partial charge in [0.1, 0.15) is 29.8 Å². The van der Waals surface area contributed by atoms with Crippen molar-refractivity contribution in [2.24, 2.45) is 0 Å². The number of carbonyl (C=O) groups excluding carboxylic acids is 1. The van der Waals surface area contributed by atoms with Crippen LogP contribution in [0, 0.1) is 0 Å². The largest absolute Gasteiger partial charge is 1.00 e. The second-order valence-electron chi connectivity index (χ2n) is 3.90. The molecule has 1 fully saturated rings. The minimum Gasteiger partial charge on any atom is -0.543 e. The van der Waals surface area contributed by atoms with Crippen LogP contribution in [0.4, 0.5) is 5.82 Å². The van der Waals surface area contributed by atoms with Gasteiger partial charge >= 0.3 is 29.6 Å². The molecule has 0 spiro atoms. The van der Waals surface area contributed by atoms with Crippen molar-refractivity contribution in [1.82, 2.24) is 9.55 Å². The van der Waals surface area contributed by atoms with Crippen LogP contribution < -0.4 is 40.4 Å². The van der Waals surface area contributed by atoms with E-state index in [0.717, 1.165) is 10.9 Å². The second kappa shape index (κ2) is 6.18. The monoisotopic (exact) mass is 281 g/mol. The Balaban J connectivity index is 0.00000180. The fraction of sp³-hybridized carbons (Fsp3) is 0.556. The van der Waals surface area contributed by atoms with E-state index in [1.165, 1.54) is 0 Å². The molecule has 0 aromatic carbocycles. The van der Waals surface area contributed by atoms with Crippen LogP contribution >= 0.6 is 0 Å². The number of nitrogen functional groups attached to an aromatic ring is 1. The molecule has 0 radical (unpaired) electrons. The van der Waals surface area contributed by atoms with E-state index in [0.29, 0.717) is 0 Å². The third kappa shape index (κ3) is 2.77. The summed E-state index contributed by atoms with van der Waals surface area (Å²) in [6, 6.07) is 0. The first-order valence-electron chi connectivity index (χ1n) is 5.13. The Kier molecular flexibility index (Phi) is 5.33. The molecule has 1 aliphatic heterocycles. The fourth-order valence-electron chi connectivity index (χ4n) is 1.84. The molecule has 19 heavy (non-hydrogen) atoms. The zero-order chi connectivity index (χ0) is 13.4. The molecule has 5 N–H and O–H groups in total. The van der Waals surface area contributed by atoms with Crippen molar-refractivity contribution in [2.75, 3.05) is 12.3 Å². The number of aliphatic hydroxyl groups is 3. The van der Waals surface area contributed by atoms with Gasteiger partial charge in [0.15, 0.2) is 6.23 Å². The molecule has 0 aliphatic carbocycles. The van der Waals surface area contributed by atoms with Crippen LogP contribution in [0.3, 0.4) is 0 Å². The Morgan fingerprint density at radius 2 is 2.16 bits per heavy atom. The minimum atomic E-state index is -1.56. The third-order valence-electron chi connectivity index (χ3n) is 2.82. The summed E-state index contributed by atoms with van der Waals surface area (Å²) in [6.45, 7) is -0.489. The van der Waals surface area contributed by atoms with Gasteiger partial charge in [-0.1, -0.05) is 0 Å². The first kappa shape index (κ1) is 16.4. The number of aromatic carboxylic acids is 1. The number of carboxylic acid groups (broad SMARTS) is 1. The van der Waals surface area contributed by atoms with Crippen molar-refractivity contribution in [2.45, 2.75) is 24.5 Å². The first-order valence-corrected chi connectivity index (χ1v) is 5.13. The van der Waals surface area contributed by atoms with Gasteiger partial charge in [0, 0.05) is 0 Å². The van der Waals surface area contributed by atoms with Crippen LogP contribution in [0.5, 0.6) is 0 Å². The molecule has 2 heterocycles. The molecule has 100 valence electrons. The van der Waals surface area contributed by atoms with Crippen molar-refractivity contribution < 1.29 is 59.5 Å². The Morgan fingerprint density at radius 1 is 1.53 bits per heavy atom. The van der Waals surface area contributed by atoms with E-state index in [-0.39, 0.29) is 35.4 Å². The summed E-state index contributed by atoms with van der Waals surface area (Å²) in [7, 11) is 0. The molecule has 0 bridgehead atoms. The molecule has 0 amide bonds. The van der Waals surface area contributed by atoms with E-state index in [2.05, 4.69) is 4.98 Å². The van der Waals surface area contributed by atoms with Crippen molar-refractivity contribution in [1.29, 1.82) is 0 Å². The van der Waals surface area contributed by atoms with E-state index >= 15 is 0 Å². The van der Waals surface area contributed by atoms with Crippen molar-refractivity contribution in [3.63, 3.8) is 0 Å². The van der Waals surface area contributed by atoms with Gasteiger partial charge in [-0.25, -0.2) is 4.98 Å². The molecule has 9 nitrogen and oxygen atoms in total. The van der Waals surface area contributed by atoms with Crippen LogP contribution in [-0.2, 0) is 4.74 Å². The SMILES string of the molecule is Nc1c(C(=O)[O-])ncn1[C@@H]1O[C@H](CO)[C@@H](O)[C@H]1O.[Na+]. The number of imidazole rings is 1. The zero-order valence-corrected chi connectivity index (χ0v) is 12.1. The number of carbonyl (C=O) groups is 1. The molecule has 0 saturated carbocycles. The van der Waals surface area contributed by atoms with Crippen molar-refractivity contribution in [3.05, 3.63) is 12.0 Å². The van der Waals surface area contributed by atoms with E-state index in [4.69, 9.17) is 15.6 Å². The molecule has 2 rings (SSSR count). The van der Waals surface area contributed by atoms with Gasteiger partial charge in [-0.15, -0.1) is 0 Å². The maximum atomic E-state index is 10.7. The number of hydrogen-bond donors (Lipinski definition) is 4. The molecule has 4 atom stereocenters. The average Bonchev–Trinajstić information content (AvgIpc) is 2.82. The topological polar surface area (TPSA) is 154 Å². The Hall–Kier alpha value is -0.680. The number of rotatable bonds is 3. The number of aromatic nitrogens is 2. The van der Waals surface area contributed by atoms with Gasteiger partial charge in [-0.05, 0) is 0 Å². The van der Waals surface area contributed by atoms with Gasteiger partial charge in [0.2, 0.25) is 0 Å². The number of nitrogens with zero attached hydrogens (tertiary/aromatic N) is 2. The maximum absolute atomic E-state index is 10.7. The quantitative estimate of drug-likeness (QED) is 0.399. The van der Waals surface area contributed by atoms with Crippen LogP contribution in [0.15, 0.2) is 6.33 Å². The number of hydrogen-bond acceptors (Lipinski definition) is 8. The number of ether oxygens (including phenoxy) is 1. The van der Waals surface area contributed by atoms with Gasteiger partial charge in [0.05, 0.1) is 18.9 Å². The Bertz CT molecular complexity index is 467. The summed E-state index contributed by atoms with van der Waals surface area (Å²) < 4.78 is 6.24. The Morgan fingerprint density at radius 3 is 2.58 bits per heavy atom. The first-order chi connectivity index (χ1) is 8.47. The number of aliphatic hydroxyl groups excluding tert-OH is 3.